The molecular weight excluding hydrogens is 731 g/mol. The number of ether oxygens (including phenoxy) is 1. The van der Waals surface area contributed by atoms with Crippen LogP contribution < -0.4 is 5.32 Å². The van der Waals surface area contributed by atoms with Gasteiger partial charge in [-0.3, -0.25) is 9.59 Å². The summed E-state index contributed by atoms with van der Waals surface area (Å²) in [6.07, 6.45) is 56.0. The molecule has 0 aliphatic heterocycles. The van der Waals surface area contributed by atoms with Gasteiger partial charge in [-0.2, -0.15) is 0 Å². The third-order valence-corrected chi connectivity index (χ3v) is 11.4. The number of carbonyl (C=O) groups excluding carboxylic acids is 2. The summed E-state index contributed by atoms with van der Waals surface area (Å²) < 4.78 is 5.90. The molecule has 0 spiro atoms. The first-order valence-corrected chi connectivity index (χ1v) is 25.4. The molecule has 6 nitrogen and oxygen atoms in total. The fourth-order valence-corrected chi connectivity index (χ4v) is 7.56. The van der Waals surface area contributed by atoms with Crippen molar-refractivity contribution in [3.63, 3.8) is 0 Å². The van der Waals surface area contributed by atoms with Crippen LogP contribution in [0.4, 0.5) is 0 Å². The summed E-state index contributed by atoms with van der Waals surface area (Å²) in [7, 11) is 0. The van der Waals surface area contributed by atoms with Gasteiger partial charge in [0.15, 0.2) is 0 Å². The van der Waals surface area contributed by atoms with Gasteiger partial charge in [-0.15, -0.1) is 0 Å². The van der Waals surface area contributed by atoms with Crippen LogP contribution in [0.3, 0.4) is 0 Å². The van der Waals surface area contributed by atoms with Gasteiger partial charge < -0.3 is 20.3 Å². The molecule has 0 aliphatic carbocycles. The monoisotopic (exact) mass is 828 g/mol. The van der Waals surface area contributed by atoms with E-state index in [2.05, 4.69) is 74.7 Å². The molecule has 0 fully saturated rings. The predicted molar refractivity (Wildman–Crippen MR) is 255 cm³/mol. The van der Waals surface area contributed by atoms with E-state index in [1.54, 1.807) is 0 Å². The highest BCUT2D eigenvalue weighted by Crippen LogP contribution is 2.17. The standard InChI is InChI=1S/C53H97NO5/c1-4-7-10-13-16-19-22-25-26-28-31-34-37-40-43-46-53(58)59-49(44-41-38-35-32-29-24-21-18-15-12-9-6-3)47-52(57)54-50(48-55)51(56)45-42-39-36-33-30-27-23-20-17-14-11-8-5-2/h9,12,18-19,21-22,29,32,49-51,55-56H,4-8,10-11,13-17,20,23-28,30-31,33-48H2,1-3H3,(H,54,57)/b12-9+,21-18+,22-19-,32-29+. The van der Waals surface area contributed by atoms with Gasteiger partial charge in [-0.05, 0) is 83.5 Å². The Balaban J connectivity index is 4.59. The zero-order chi connectivity index (χ0) is 43.1. The van der Waals surface area contributed by atoms with Gasteiger partial charge in [0.2, 0.25) is 5.91 Å². The average Bonchev–Trinajstić information content (AvgIpc) is 3.23. The van der Waals surface area contributed by atoms with Crippen molar-refractivity contribution in [1.29, 1.82) is 0 Å². The van der Waals surface area contributed by atoms with Crippen molar-refractivity contribution in [2.24, 2.45) is 0 Å². The highest BCUT2D eigenvalue weighted by Gasteiger charge is 2.24. The van der Waals surface area contributed by atoms with Crippen LogP contribution in [0.2, 0.25) is 0 Å². The van der Waals surface area contributed by atoms with Crippen LogP contribution in [-0.4, -0.2) is 46.9 Å². The van der Waals surface area contributed by atoms with Gasteiger partial charge in [0.25, 0.3) is 0 Å². The Labute approximate surface area is 366 Å². The molecule has 6 heteroatoms. The number of aliphatic hydroxyl groups is 2. The highest BCUT2D eigenvalue weighted by atomic mass is 16.5. The molecule has 0 saturated carbocycles. The lowest BCUT2D eigenvalue weighted by Gasteiger charge is -2.24. The number of nitrogens with one attached hydrogen (secondary N) is 1. The molecule has 0 aromatic carbocycles. The van der Waals surface area contributed by atoms with E-state index in [0.29, 0.717) is 19.3 Å². The second kappa shape index (κ2) is 46.9. The van der Waals surface area contributed by atoms with Crippen molar-refractivity contribution < 1.29 is 24.5 Å². The first-order valence-electron chi connectivity index (χ1n) is 25.4. The van der Waals surface area contributed by atoms with Crippen molar-refractivity contribution in [3.8, 4) is 0 Å². The number of unbranched alkanes of at least 4 members (excludes halogenated alkanes) is 25. The third kappa shape index (κ3) is 42.3. The fourth-order valence-electron chi connectivity index (χ4n) is 7.56. The van der Waals surface area contributed by atoms with E-state index in [1.807, 2.05) is 0 Å². The fraction of sp³-hybridized carbons (Fsp3) is 0.811. The smallest absolute Gasteiger partial charge is 0.306 e. The summed E-state index contributed by atoms with van der Waals surface area (Å²) in [5, 5.41) is 23.7. The number of allylic oxidation sites excluding steroid dienone is 8. The summed E-state index contributed by atoms with van der Waals surface area (Å²) in [5.41, 5.74) is 0. The second-order valence-electron chi connectivity index (χ2n) is 17.2. The number of amides is 1. The second-order valence-corrected chi connectivity index (χ2v) is 17.2. The number of carbonyl (C=O) groups is 2. The third-order valence-electron chi connectivity index (χ3n) is 11.4. The Hall–Kier alpha value is -2.18. The van der Waals surface area contributed by atoms with E-state index in [4.69, 9.17) is 4.74 Å². The topological polar surface area (TPSA) is 95.9 Å². The molecule has 59 heavy (non-hydrogen) atoms. The van der Waals surface area contributed by atoms with E-state index < -0.39 is 18.2 Å². The van der Waals surface area contributed by atoms with Gasteiger partial charge in [-0.1, -0.05) is 204 Å². The van der Waals surface area contributed by atoms with E-state index in [9.17, 15) is 19.8 Å². The van der Waals surface area contributed by atoms with Crippen molar-refractivity contribution in [3.05, 3.63) is 48.6 Å². The largest absolute Gasteiger partial charge is 0.462 e. The van der Waals surface area contributed by atoms with Crippen molar-refractivity contribution in [2.45, 2.75) is 270 Å². The molecule has 1 amide bonds. The Morgan fingerprint density at radius 3 is 1.44 bits per heavy atom. The van der Waals surface area contributed by atoms with Crippen LogP contribution in [-0.2, 0) is 14.3 Å². The molecule has 0 rings (SSSR count). The molecule has 3 unspecified atom stereocenters. The lowest BCUT2D eigenvalue weighted by atomic mass is 10.0. The zero-order valence-corrected chi connectivity index (χ0v) is 39.1. The summed E-state index contributed by atoms with van der Waals surface area (Å²) >= 11 is 0. The Bertz CT molecular complexity index is 1020. The Morgan fingerprint density at radius 1 is 0.508 bits per heavy atom. The molecule has 0 aliphatic rings. The van der Waals surface area contributed by atoms with Crippen molar-refractivity contribution >= 4 is 11.9 Å². The SMILES string of the molecule is CC/C=C/C/C=C/C/C=C/CCCCC(CC(=O)NC(CO)C(O)CCCCCCCCCCCCCCC)OC(=O)CCCCCCCCC/C=C\CCCCCC. The molecule has 3 atom stereocenters. The van der Waals surface area contributed by atoms with Crippen LogP contribution in [0.1, 0.15) is 252 Å². The minimum absolute atomic E-state index is 0.0505. The maximum absolute atomic E-state index is 13.2. The van der Waals surface area contributed by atoms with Crippen LogP contribution >= 0.6 is 0 Å². The maximum Gasteiger partial charge on any atom is 0.306 e. The average molecular weight is 828 g/mol. The molecule has 0 bridgehead atoms. The van der Waals surface area contributed by atoms with Crippen LogP contribution in [0.25, 0.3) is 0 Å². The van der Waals surface area contributed by atoms with Gasteiger partial charge in [0.1, 0.15) is 6.10 Å². The van der Waals surface area contributed by atoms with E-state index in [1.165, 1.54) is 128 Å². The predicted octanol–water partition coefficient (Wildman–Crippen LogP) is 15.1. The van der Waals surface area contributed by atoms with Crippen molar-refractivity contribution in [2.75, 3.05) is 6.61 Å². The number of hydrogen-bond acceptors (Lipinski definition) is 5. The van der Waals surface area contributed by atoms with Gasteiger partial charge >= 0.3 is 5.97 Å². The molecule has 344 valence electrons. The van der Waals surface area contributed by atoms with E-state index >= 15 is 0 Å². The van der Waals surface area contributed by atoms with Gasteiger partial charge in [0, 0.05) is 6.42 Å². The molecule has 0 heterocycles. The highest BCUT2D eigenvalue weighted by molar-refractivity contribution is 5.77. The normalized spacial score (nSPS) is 13.6. The van der Waals surface area contributed by atoms with Gasteiger partial charge in [-0.25, -0.2) is 0 Å². The minimum atomic E-state index is -0.797. The molecule has 0 saturated heterocycles. The number of esters is 1. The summed E-state index contributed by atoms with van der Waals surface area (Å²) in [6, 6.07) is -0.713. The number of aliphatic hydroxyl groups excluding tert-OH is 2. The summed E-state index contributed by atoms with van der Waals surface area (Å²) in [6.45, 7) is 6.35. The zero-order valence-electron chi connectivity index (χ0n) is 39.1. The van der Waals surface area contributed by atoms with Crippen LogP contribution in [0.5, 0.6) is 0 Å². The van der Waals surface area contributed by atoms with Crippen LogP contribution in [0.15, 0.2) is 48.6 Å². The summed E-state index contributed by atoms with van der Waals surface area (Å²) in [5.74, 6) is -0.514. The molecule has 3 N–H and O–H groups in total. The molecule has 0 radical (unpaired) electrons. The molecule has 0 aromatic heterocycles. The number of rotatable bonds is 45. The summed E-state index contributed by atoms with van der Waals surface area (Å²) in [4.78, 5) is 26.1. The first kappa shape index (κ1) is 56.8. The molecule has 0 aromatic rings. The van der Waals surface area contributed by atoms with Crippen LogP contribution in [0, 0.1) is 0 Å². The Kier molecular flexibility index (Phi) is 45.1. The lowest BCUT2D eigenvalue weighted by Crippen LogP contribution is -2.46. The van der Waals surface area contributed by atoms with Crippen molar-refractivity contribution in [1.82, 2.24) is 5.32 Å². The molecular formula is C53H97NO5. The van der Waals surface area contributed by atoms with E-state index in [0.717, 1.165) is 77.0 Å². The number of hydrogen-bond donors (Lipinski definition) is 3. The minimum Gasteiger partial charge on any atom is -0.462 e. The maximum atomic E-state index is 13.2. The van der Waals surface area contributed by atoms with E-state index in [-0.39, 0.29) is 24.9 Å². The Morgan fingerprint density at radius 2 is 0.915 bits per heavy atom. The quantitative estimate of drug-likeness (QED) is 0.0323. The first-order chi connectivity index (χ1) is 29.0. The van der Waals surface area contributed by atoms with Gasteiger partial charge in [0.05, 0.1) is 25.2 Å². The lowest BCUT2D eigenvalue weighted by molar-refractivity contribution is -0.151.